The lowest BCUT2D eigenvalue weighted by Crippen LogP contribution is -2.69. The number of ketones is 1. The predicted molar refractivity (Wildman–Crippen MR) is 215 cm³/mol. The van der Waals surface area contributed by atoms with Gasteiger partial charge in [-0.3, -0.25) is 14.4 Å². The molecule has 14 nitrogen and oxygen atoms in total. The van der Waals surface area contributed by atoms with Gasteiger partial charge in [0, 0.05) is 31.2 Å². The fourth-order valence-electron chi connectivity index (χ4n) is 7.12. The summed E-state index contributed by atoms with van der Waals surface area (Å²) in [6.45, 7) is 12.2. The maximum Gasteiger partial charge on any atom is 0.262 e. The van der Waals surface area contributed by atoms with Gasteiger partial charge >= 0.3 is 0 Å². The van der Waals surface area contributed by atoms with Crippen molar-refractivity contribution in [2.75, 3.05) is 13.7 Å². The zero-order valence-electron chi connectivity index (χ0n) is 33.9. The highest BCUT2D eigenvalue weighted by molar-refractivity contribution is 6.09. The van der Waals surface area contributed by atoms with E-state index in [9.17, 15) is 45.0 Å². The van der Waals surface area contributed by atoms with E-state index in [4.69, 9.17) is 14.2 Å². The van der Waals surface area contributed by atoms with Gasteiger partial charge in [0.05, 0.1) is 30.3 Å². The fraction of sp³-hybridized carbons (Fsp3) is 0.512. The minimum Gasteiger partial charge on any atom is -0.507 e. The number of H-pyrrole nitrogens is 1. The van der Waals surface area contributed by atoms with Gasteiger partial charge in [-0.1, -0.05) is 101 Å². The Balaban J connectivity index is 1.60. The number of methoxy groups -OCH3 is 1. The zero-order valence-corrected chi connectivity index (χ0v) is 33.9. The van der Waals surface area contributed by atoms with Crippen LogP contribution in [0.25, 0.3) is 0 Å². The van der Waals surface area contributed by atoms with Crippen molar-refractivity contribution in [2.45, 2.75) is 110 Å². The number of hydrogen-bond acceptors (Lipinski definition) is 12. The molecular weight excluding hydrogens is 736 g/mol. The molecule has 3 heterocycles. The summed E-state index contributed by atoms with van der Waals surface area (Å²) in [6, 6.07) is 1.22. The summed E-state index contributed by atoms with van der Waals surface area (Å²) < 4.78 is 17.8. The van der Waals surface area contributed by atoms with Gasteiger partial charge in [-0.25, -0.2) is 0 Å². The first-order valence-corrected chi connectivity index (χ1v) is 19.1. The molecule has 14 heteroatoms. The van der Waals surface area contributed by atoms with Crippen LogP contribution in [-0.4, -0.2) is 116 Å². The Morgan fingerprint density at radius 2 is 1.68 bits per heavy atom. The Labute approximate surface area is 334 Å². The monoisotopic (exact) mass is 796 g/mol. The minimum absolute atomic E-state index is 0.0817. The lowest BCUT2D eigenvalue weighted by atomic mass is 9.71. The molecule has 0 unspecified atom stereocenters. The molecule has 2 saturated heterocycles. The number of aliphatic hydroxyl groups excluding tert-OH is 4. The Morgan fingerprint density at radius 1 is 1.00 bits per heavy atom. The van der Waals surface area contributed by atoms with Crippen LogP contribution in [0.4, 0.5) is 0 Å². The van der Waals surface area contributed by atoms with Gasteiger partial charge in [0.2, 0.25) is 11.7 Å². The van der Waals surface area contributed by atoms with Crippen LogP contribution < -0.4 is 10.9 Å². The molecule has 314 valence electrons. The standard InChI is InChI=1S/C43H60N2O12/c1-9-11-13-21-31-42(6,7)38(50)39(51)43(54,57-31)28(10-2)40(52)44-23-17-16-19-26(4)36(55-8)27(5)37-35(49)34(48)30(56-37)20-15-12-14-18-25(3)33(47)32-29(46)22-24-45-41(32)53/h9,11-22,24,27-28,30-31,34-39,48-51,54H,10,23H2,1-8H3,(H,44,52)(H2,45,46,53)/b11-9+,14-12+,17-16+,20-15+,21-13+,25-18+,26-19+/t27-,28+,30+,31-,34-,35-,36-,37-,38-,39+,43+/m0/s1. The van der Waals surface area contributed by atoms with Gasteiger partial charge in [-0.2, -0.15) is 0 Å². The summed E-state index contributed by atoms with van der Waals surface area (Å²) >= 11 is 0. The second-order valence-corrected chi connectivity index (χ2v) is 15.0. The minimum atomic E-state index is -2.34. The normalized spacial score (nSPS) is 30.2. The molecule has 2 aliphatic heterocycles. The number of amides is 1. The molecule has 0 bridgehead atoms. The van der Waals surface area contributed by atoms with E-state index in [0.29, 0.717) is 0 Å². The first kappa shape index (κ1) is 47.1. The van der Waals surface area contributed by atoms with Crippen molar-refractivity contribution in [2.24, 2.45) is 17.3 Å². The van der Waals surface area contributed by atoms with E-state index in [1.807, 2.05) is 26.8 Å². The molecule has 3 rings (SSSR count). The first-order chi connectivity index (χ1) is 26.9. The average molecular weight is 797 g/mol. The Morgan fingerprint density at radius 3 is 2.32 bits per heavy atom. The molecule has 2 fully saturated rings. The van der Waals surface area contributed by atoms with E-state index in [0.717, 1.165) is 5.57 Å². The number of allylic oxidation sites excluding steroid dienone is 10. The second-order valence-electron chi connectivity index (χ2n) is 15.0. The molecule has 0 spiro atoms. The van der Waals surface area contributed by atoms with Crippen molar-refractivity contribution in [1.82, 2.24) is 10.3 Å². The summed E-state index contributed by atoms with van der Waals surface area (Å²) in [7, 11) is 1.52. The third kappa shape index (κ3) is 11.0. The number of nitrogens with one attached hydrogen (secondary N) is 2. The molecule has 57 heavy (non-hydrogen) atoms. The van der Waals surface area contributed by atoms with Gasteiger partial charge in [-0.15, -0.1) is 0 Å². The van der Waals surface area contributed by atoms with Crippen molar-refractivity contribution >= 4 is 11.7 Å². The van der Waals surface area contributed by atoms with Crippen LogP contribution >= 0.6 is 0 Å². The molecule has 2 aliphatic rings. The van der Waals surface area contributed by atoms with Crippen molar-refractivity contribution in [3.63, 3.8) is 0 Å². The largest absolute Gasteiger partial charge is 0.507 e. The van der Waals surface area contributed by atoms with Crippen LogP contribution in [0.3, 0.4) is 0 Å². The van der Waals surface area contributed by atoms with Crippen LogP contribution in [0.2, 0.25) is 0 Å². The van der Waals surface area contributed by atoms with E-state index in [1.165, 1.54) is 32.4 Å². The van der Waals surface area contributed by atoms with E-state index in [-0.39, 0.29) is 24.1 Å². The second kappa shape index (κ2) is 21.0. The van der Waals surface area contributed by atoms with Crippen molar-refractivity contribution in [3.05, 3.63) is 112 Å². The third-order valence-electron chi connectivity index (χ3n) is 10.7. The summed E-state index contributed by atoms with van der Waals surface area (Å²) in [5.41, 5.74) is -1.02. The van der Waals surface area contributed by atoms with Gasteiger partial charge in [0.25, 0.3) is 5.56 Å². The van der Waals surface area contributed by atoms with Crippen molar-refractivity contribution < 1.29 is 54.4 Å². The quantitative estimate of drug-likeness (QED) is 0.0647. The topological polar surface area (TPSA) is 228 Å². The smallest absolute Gasteiger partial charge is 0.262 e. The lowest BCUT2D eigenvalue weighted by molar-refractivity contribution is -0.359. The Hall–Kier alpha value is -4.25. The SMILES string of the molecule is C/C=C/C=C/[C@@H]1O[C@](O)([C@H](CC)C(=O)NC/C=C/C=C(\C)[C@H](OC)[C@H](C)[C@@H]2O[C@H](/C=C/C=C/C=C(\C)C(=O)c3c(O)cc[nH]c3=O)[C@H](O)[C@@H]2O)[C@H](O)[C@H](O)C1(C)C. The summed E-state index contributed by atoms with van der Waals surface area (Å²) in [4.78, 5) is 40.2. The maximum absolute atomic E-state index is 13.3. The molecule has 11 atom stereocenters. The molecule has 1 aromatic rings. The fourth-order valence-corrected chi connectivity index (χ4v) is 7.12. The van der Waals surface area contributed by atoms with Crippen LogP contribution in [0, 0.1) is 17.3 Å². The number of aromatic amines is 1. The number of carbonyl (C=O) groups is 2. The number of ether oxygens (including phenoxy) is 3. The number of Topliss-reactive ketones (excluding diaryl/α,β-unsaturated/α-hetero) is 1. The highest BCUT2D eigenvalue weighted by Crippen LogP contribution is 2.44. The highest BCUT2D eigenvalue weighted by Gasteiger charge is 2.60. The molecule has 0 aromatic carbocycles. The molecule has 0 saturated carbocycles. The average Bonchev–Trinajstić information content (AvgIpc) is 3.45. The van der Waals surface area contributed by atoms with Crippen LogP contribution in [0.1, 0.15) is 65.2 Å². The van der Waals surface area contributed by atoms with Crippen molar-refractivity contribution in [1.29, 1.82) is 0 Å². The predicted octanol–water partition coefficient (Wildman–Crippen LogP) is 3.07. The summed E-state index contributed by atoms with van der Waals surface area (Å²) in [5, 5.41) is 67.8. The maximum atomic E-state index is 13.3. The van der Waals surface area contributed by atoms with Crippen LogP contribution in [-0.2, 0) is 19.0 Å². The molecule has 0 aliphatic carbocycles. The number of pyridine rings is 1. The number of aliphatic hydroxyl groups is 5. The Kier molecular flexibility index (Phi) is 17.3. The van der Waals surface area contributed by atoms with E-state index >= 15 is 0 Å². The summed E-state index contributed by atoms with van der Waals surface area (Å²) in [5.74, 6) is -5.55. The zero-order chi connectivity index (χ0) is 42.7. The molecule has 8 N–H and O–H groups in total. The van der Waals surface area contributed by atoms with E-state index in [1.54, 1.807) is 81.5 Å². The molecular formula is C43H60N2O12. The Bertz CT molecular complexity index is 1810. The molecule has 0 radical (unpaired) electrons. The highest BCUT2D eigenvalue weighted by atomic mass is 16.7. The number of hydrogen-bond donors (Lipinski definition) is 8. The van der Waals surface area contributed by atoms with E-state index in [2.05, 4.69) is 10.3 Å². The molecule has 1 aromatic heterocycles. The van der Waals surface area contributed by atoms with Gasteiger partial charge in [0.15, 0.2) is 5.78 Å². The van der Waals surface area contributed by atoms with Gasteiger partial charge < -0.3 is 55.2 Å². The van der Waals surface area contributed by atoms with Gasteiger partial charge in [0.1, 0.15) is 35.7 Å². The number of rotatable bonds is 17. The van der Waals surface area contributed by atoms with Gasteiger partial charge in [-0.05, 0) is 44.4 Å². The van der Waals surface area contributed by atoms with Crippen molar-refractivity contribution in [3.8, 4) is 5.75 Å². The third-order valence-corrected chi connectivity index (χ3v) is 10.7. The summed E-state index contributed by atoms with van der Waals surface area (Å²) in [6.07, 6.45) is 12.8. The van der Waals surface area contributed by atoms with Crippen LogP contribution in [0.15, 0.2) is 101 Å². The molecule has 1 amide bonds. The number of aromatic nitrogens is 1. The van der Waals surface area contributed by atoms with Crippen LogP contribution in [0.5, 0.6) is 5.75 Å². The number of carbonyl (C=O) groups excluding carboxylic acids is 2. The van der Waals surface area contributed by atoms with E-state index < -0.39 is 94.9 Å². The first-order valence-electron chi connectivity index (χ1n) is 19.1. The number of aromatic hydroxyl groups is 1. The lowest BCUT2D eigenvalue weighted by Gasteiger charge is -2.53.